The van der Waals surface area contributed by atoms with Crippen LogP contribution >= 0.6 is 11.3 Å². The van der Waals surface area contributed by atoms with Crippen molar-refractivity contribution < 1.29 is 4.79 Å². The molecule has 4 nitrogen and oxygen atoms in total. The number of fused-ring (bicyclic) bond motifs is 1. The number of hydrogen-bond donors (Lipinski definition) is 1. The predicted octanol–water partition coefficient (Wildman–Crippen LogP) is 4.27. The molecule has 0 fully saturated rings. The second-order valence-corrected chi connectivity index (χ2v) is 7.47. The van der Waals surface area contributed by atoms with Crippen LogP contribution in [0.15, 0.2) is 66.2 Å². The van der Waals surface area contributed by atoms with Gasteiger partial charge in [0.15, 0.2) is 4.96 Å². The first-order valence-corrected chi connectivity index (χ1v) is 9.90. The van der Waals surface area contributed by atoms with Crippen LogP contribution in [0.2, 0.25) is 0 Å². The highest BCUT2D eigenvalue weighted by molar-refractivity contribution is 7.15. The summed E-state index contributed by atoms with van der Waals surface area (Å²) in [6, 6.07) is 18.5. The summed E-state index contributed by atoms with van der Waals surface area (Å²) in [6.07, 6.45) is 3.21. The molecule has 0 radical (unpaired) electrons. The molecule has 0 saturated heterocycles. The standard InChI is InChI=1S/C22H21N3OS/c1-16-6-5-7-17(12-16)10-11-23-21(26)13-19-15-27-22-24-20(14-25(19)22)18-8-3-2-4-9-18/h2-9,12,14-15H,10-11,13H2,1H3,(H,23,26). The number of rotatable bonds is 6. The number of carbonyl (C=O) groups excluding carboxylic acids is 1. The Hall–Kier alpha value is -2.92. The number of nitrogens with one attached hydrogen (secondary N) is 1. The molecule has 0 aliphatic carbocycles. The van der Waals surface area contributed by atoms with Crippen molar-refractivity contribution in [2.75, 3.05) is 6.54 Å². The maximum Gasteiger partial charge on any atom is 0.225 e. The van der Waals surface area contributed by atoms with Crippen molar-refractivity contribution in [3.63, 3.8) is 0 Å². The molecule has 27 heavy (non-hydrogen) atoms. The lowest BCUT2D eigenvalue weighted by Gasteiger charge is -2.06. The summed E-state index contributed by atoms with van der Waals surface area (Å²) >= 11 is 1.57. The van der Waals surface area contributed by atoms with E-state index < -0.39 is 0 Å². The van der Waals surface area contributed by atoms with Crippen LogP contribution in [0.4, 0.5) is 0 Å². The van der Waals surface area contributed by atoms with Crippen LogP contribution in [-0.2, 0) is 17.6 Å². The maximum absolute atomic E-state index is 12.3. The summed E-state index contributed by atoms with van der Waals surface area (Å²) in [5, 5.41) is 5.04. The van der Waals surface area contributed by atoms with E-state index in [9.17, 15) is 4.79 Å². The van der Waals surface area contributed by atoms with Gasteiger partial charge < -0.3 is 5.32 Å². The van der Waals surface area contributed by atoms with Crippen molar-refractivity contribution in [2.45, 2.75) is 19.8 Å². The molecule has 0 atom stereocenters. The second kappa shape index (κ2) is 7.76. The Balaban J connectivity index is 1.39. The number of carbonyl (C=O) groups is 1. The minimum absolute atomic E-state index is 0.0392. The van der Waals surface area contributed by atoms with Gasteiger partial charge in [-0.1, -0.05) is 60.2 Å². The Kier molecular flexibility index (Phi) is 5.03. The van der Waals surface area contributed by atoms with Gasteiger partial charge in [-0.2, -0.15) is 0 Å². The highest BCUT2D eigenvalue weighted by Crippen LogP contribution is 2.23. The van der Waals surface area contributed by atoms with Crippen LogP contribution in [0.5, 0.6) is 0 Å². The number of thiazole rings is 1. The minimum Gasteiger partial charge on any atom is -0.355 e. The molecule has 0 aliphatic heterocycles. The van der Waals surface area contributed by atoms with Crippen molar-refractivity contribution in [2.24, 2.45) is 0 Å². The first-order valence-electron chi connectivity index (χ1n) is 9.02. The van der Waals surface area contributed by atoms with Gasteiger partial charge in [0.05, 0.1) is 12.1 Å². The number of imidazole rings is 1. The summed E-state index contributed by atoms with van der Waals surface area (Å²) in [7, 11) is 0. The molecule has 0 bridgehead atoms. The van der Waals surface area contributed by atoms with E-state index in [1.165, 1.54) is 11.1 Å². The Morgan fingerprint density at radius 3 is 2.81 bits per heavy atom. The van der Waals surface area contributed by atoms with E-state index in [1.54, 1.807) is 11.3 Å². The summed E-state index contributed by atoms with van der Waals surface area (Å²) in [6.45, 7) is 2.73. The zero-order chi connectivity index (χ0) is 18.6. The largest absolute Gasteiger partial charge is 0.355 e. The first-order chi connectivity index (χ1) is 13.2. The molecular weight excluding hydrogens is 354 g/mol. The smallest absolute Gasteiger partial charge is 0.225 e. The Morgan fingerprint density at radius 2 is 2.00 bits per heavy atom. The molecule has 0 aliphatic rings. The van der Waals surface area contributed by atoms with E-state index in [0.29, 0.717) is 13.0 Å². The molecule has 0 spiro atoms. The molecule has 136 valence electrons. The van der Waals surface area contributed by atoms with Gasteiger partial charge in [-0.25, -0.2) is 4.98 Å². The van der Waals surface area contributed by atoms with Crippen molar-refractivity contribution in [1.82, 2.24) is 14.7 Å². The topological polar surface area (TPSA) is 46.4 Å². The molecule has 1 amide bonds. The number of aryl methyl sites for hydroxylation is 1. The summed E-state index contributed by atoms with van der Waals surface area (Å²) in [4.78, 5) is 17.9. The van der Waals surface area contributed by atoms with Crippen molar-refractivity contribution >= 4 is 22.2 Å². The van der Waals surface area contributed by atoms with Crippen molar-refractivity contribution in [1.29, 1.82) is 0 Å². The summed E-state index contributed by atoms with van der Waals surface area (Å²) in [5.41, 5.74) is 5.48. The van der Waals surface area contributed by atoms with E-state index in [-0.39, 0.29) is 5.91 Å². The molecule has 0 unspecified atom stereocenters. The Morgan fingerprint density at radius 1 is 1.15 bits per heavy atom. The average molecular weight is 375 g/mol. The van der Waals surface area contributed by atoms with Gasteiger partial charge in [0, 0.05) is 29.4 Å². The number of aromatic nitrogens is 2. The van der Waals surface area contributed by atoms with Crippen LogP contribution in [0.1, 0.15) is 16.8 Å². The Bertz CT molecular complexity index is 1070. The fraction of sp³-hybridized carbons (Fsp3) is 0.182. The molecule has 4 aromatic rings. The SMILES string of the molecule is Cc1cccc(CCNC(=O)Cc2csc3nc(-c4ccccc4)cn23)c1. The third-order valence-corrected chi connectivity index (χ3v) is 5.40. The van der Waals surface area contributed by atoms with E-state index in [1.807, 2.05) is 46.3 Å². The van der Waals surface area contributed by atoms with Crippen LogP contribution in [-0.4, -0.2) is 21.8 Å². The van der Waals surface area contributed by atoms with Crippen molar-refractivity contribution in [3.8, 4) is 11.3 Å². The number of benzene rings is 2. The lowest BCUT2D eigenvalue weighted by atomic mass is 10.1. The van der Waals surface area contributed by atoms with Gasteiger partial charge in [-0.15, -0.1) is 11.3 Å². The van der Waals surface area contributed by atoms with Gasteiger partial charge >= 0.3 is 0 Å². The third-order valence-electron chi connectivity index (χ3n) is 4.51. The highest BCUT2D eigenvalue weighted by atomic mass is 32.1. The van der Waals surface area contributed by atoms with E-state index in [2.05, 4.69) is 41.5 Å². The monoisotopic (exact) mass is 375 g/mol. The fourth-order valence-corrected chi connectivity index (χ4v) is 4.02. The van der Waals surface area contributed by atoms with E-state index >= 15 is 0 Å². The van der Waals surface area contributed by atoms with Gasteiger partial charge in [0.1, 0.15) is 0 Å². The number of amides is 1. The van der Waals surface area contributed by atoms with Crippen LogP contribution in [0.3, 0.4) is 0 Å². The summed E-state index contributed by atoms with van der Waals surface area (Å²) < 4.78 is 2.02. The number of hydrogen-bond acceptors (Lipinski definition) is 3. The van der Waals surface area contributed by atoms with Crippen molar-refractivity contribution in [3.05, 3.63) is 83.0 Å². The molecular formula is C22H21N3OS. The van der Waals surface area contributed by atoms with Gasteiger partial charge in [0.25, 0.3) is 0 Å². The quantitative estimate of drug-likeness (QED) is 0.547. The highest BCUT2D eigenvalue weighted by Gasteiger charge is 2.12. The third kappa shape index (κ3) is 4.09. The summed E-state index contributed by atoms with van der Waals surface area (Å²) in [5.74, 6) is 0.0392. The van der Waals surface area contributed by atoms with Gasteiger partial charge in [0.2, 0.25) is 5.91 Å². The van der Waals surface area contributed by atoms with Crippen LogP contribution < -0.4 is 5.32 Å². The lowest BCUT2D eigenvalue weighted by molar-refractivity contribution is -0.120. The Labute approximate surface area is 162 Å². The van der Waals surface area contributed by atoms with E-state index in [4.69, 9.17) is 0 Å². The molecule has 2 aromatic carbocycles. The minimum atomic E-state index is 0.0392. The van der Waals surface area contributed by atoms with Crippen LogP contribution in [0, 0.1) is 6.92 Å². The molecule has 2 heterocycles. The molecule has 0 saturated carbocycles. The fourth-order valence-electron chi connectivity index (χ4n) is 3.15. The van der Waals surface area contributed by atoms with Gasteiger partial charge in [-0.3, -0.25) is 9.20 Å². The predicted molar refractivity (Wildman–Crippen MR) is 110 cm³/mol. The molecule has 2 aromatic heterocycles. The average Bonchev–Trinajstić information content (AvgIpc) is 3.25. The van der Waals surface area contributed by atoms with Crippen LogP contribution in [0.25, 0.3) is 16.2 Å². The molecule has 4 rings (SSSR count). The first kappa shape index (κ1) is 17.5. The lowest BCUT2D eigenvalue weighted by Crippen LogP contribution is -2.27. The zero-order valence-electron chi connectivity index (χ0n) is 15.2. The maximum atomic E-state index is 12.3. The molecule has 1 N–H and O–H groups in total. The molecule has 5 heteroatoms. The normalized spacial score (nSPS) is 11.0. The zero-order valence-corrected chi connectivity index (χ0v) is 16.0. The number of nitrogens with zero attached hydrogens (tertiary/aromatic N) is 2. The van der Waals surface area contributed by atoms with Gasteiger partial charge in [-0.05, 0) is 18.9 Å². The second-order valence-electron chi connectivity index (χ2n) is 6.64. The van der Waals surface area contributed by atoms with E-state index in [0.717, 1.165) is 28.3 Å².